The van der Waals surface area contributed by atoms with Crippen LogP contribution in [0.2, 0.25) is 0 Å². The van der Waals surface area contributed by atoms with E-state index in [1.165, 1.54) is 10.7 Å². The smallest absolute Gasteiger partial charge is 0.267 e. The van der Waals surface area contributed by atoms with Crippen molar-refractivity contribution in [2.75, 3.05) is 32.0 Å². The maximum absolute atomic E-state index is 12.5. The molecule has 2 heterocycles. The monoisotopic (exact) mass is 494 g/mol. The number of ether oxygens (including phenoxy) is 1. The zero-order valence-electron chi connectivity index (χ0n) is 21.1. The van der Waals surface area contributed by atoms with Gasteiger partial charge in [0.05, 0.1) is 31.2 Å². The van der Waals surface area contributed by atoms with E-state index < -0.39 is 0 Å². The third-order valence-electron chi connectivity index (χ3n) is 5.83. The zero-order chi connectivity index (χ0) is 26.0. The van der Waals surface area contributed by atoms with Gasteiger partial charge in [0.1, 0.15) is 6.61 Å². The first-order valence-corrected chi connectivity index (χ1v) is 12.2. The number of hydrogen-bond acceptors (Lipinski definition) is 7. The fourth-order valence-electron chi connectivity index (χ4n) is 3.72. The Morgan fingerprint density at radius 2 is 1.70 bits per heavy atom. The summed E-state index contributed by atoms with van der Waals surface area (Å²) in [6.45, 7) is 7.53. The van der Waals surface area contributed by atoms with Gasteiger partial charge in [0.25, 0.3) is 5.56 Å². The SMILES string of the molecule is CCN(CC)CC#CCOc1cnc(-c2cccc(Cn3nc(-c4cccc(N)c4)ccc3=O)c2)nc1. The lowest BCUT2D eigenvalue weighted by molar-refractivity contribution is 0.341. The summed E-state index contributed by atoms with van der Waals surface area (Å²) in [5, 5.41) is 4.54. The highest BCUT2D eigenvalue weighted by molar-refractivity contribution is 5.63. The largest absolute Gasteiger partial charge is 0.478 e. The van der Waals surface area contributed by atoms with Crippen molar-refractivity contribution < 1.29 is 4.74 Å². The van der Waals surface area contributed by atoms with Crippen molar-refractivity contribution in [3.8, 4) is 40.2 Å². The lowest BCUT2D eigenvalue weighted by Crippen LogP contribution is -2.22. The molecule has 0 spiro atoms. The topological polar surface area (TPSA) is 99.2 Å². The summed E-state index contributed by atoms with van der Waals surface area (Å²) in [7, 11) is 0. The van der Waals surface area contributed by atoms with E-state index in [9.17, 15) is 4.79 Å². The number of nitrogens with two attached hydrogens (primary N) is 1. The van der Waals surface area contributed by atoms with E-state index >= 15 is 0 Å². The van der Waals surface area contributed by atoms with Gasteiger partial charge >= 0.3 is 0 Å². The van der Waals surface area contributed by atoms with E-state index in [0.29, 0.717) is 29.5 Å². The first kappa shape index (κ1) is 25.6. The minimum atomic E-state index is -0.184. The first-order valence-electron chi connectivity index (χ1n) is 12.2. The highest BCUT2D eigenvalue weighted by atomic mass is 16.5. The average Bonchev–Trinajstić information content (AvgIpc) is 2.92. The molecule has 0 unspecified atom stereocenters. The van der Waals surface area contributed by atoms with Crippen LogP contribution in [0.25, 0.3) is 22.6 Å². The lowest BCUT2D eigenvalue weighted by Gasteiger charge is -2.13. The van der Waals surface area contributed by atoms with E-state index in [0.717, 1.165) is 36.3 Å². The summed E-state index contributed by atoms with van der Waals surface area (Å²) in [4.78, 5) is 23.6. The maximum atomic E-state index is 12.5. The van der Waals surface area contributed by atoms with E-state index in [2.05, 4.69) is 45.7 Å². The third-order valence-corrected chi connectivity index (χ3v) is 5.83. The zero-order valence-corrected chi connectivity index (χ0v) is 21.1. The molecule has 0 saturated carbocycles. The lowest BCUT2D eigenvalue weighted by atomic mass is 10.1. The van der Waals surface area contributed by atoms with Crippen molar-refractivity contribution in [3.05, 3.63) is 89.0 Å². The van der Waals surface area contributed by atoms with Crippen LogP contribution in [0.15, 0.2) is 77.9 Å². The van der Waals surface area contributed by atoms with E-state index in [4.69, 9.17) is 10.5 Å². The number of aromatic nitrogens is 4. The number of benzene rings is 2. The Morgan fingerprint density at radius 1 is 0.946 bits per heavy atom. The number of rotatable bonds is 9. The minimum absolute atomic E-state index is 0.184. The fourth-order valence-corrected chi connectivity index (χ4v) is 3.72. The van der Waals surface area contributed by atoms with Crippen molar-refractivity contribution in [1.82, 2.24) is 24.6 Å². The average molecular weight is 495 g/mol. The van der Waals surface area contributed by atoms with Crippen LogP contribution in [-0.2, 0) is 6.54 Å². The summed E-state index contributed by atoms with van der Waals surface area (Å²) in [5.74, 6) is 7.26. The summed E-state index contributed by atoms with van der Waals surface area (Å²) in [6, 6.07) is 18.4. The molecule has 4 rings (SSSR count). The molecular weight excluding hydrogens is 464 g/mol. The van der Waals surface area contributed by atoms with Gasteiger partial charge in [-0.25, -0.2) is 14.6 Å². The molecule has 0 saturated heterocycles. The van der Waals surface area contributed by atoms with Gasteiger partial charge < -0.3 is 10.5 Å². The molecule has 0 fully saturated rings. The van der Waals surface area contributed by atoms with Crippen LogP contribution in [0, 0.1) is 11.8 Å². The van der Waals surface area contributed by atoms with Gasteiger partial charge in [-0.1, -0.05) is 56.0 Å². The molecule has 0 bridgehead atoms. The molecule has 0 atom stereocenters. The predicted molar refractivity (Wildman–Crippen MR) is 146 cm³/mol. The molecule has 188 valence electrons. The van der Waals surface area contributed by atoms with Crippen molar-refractivity contribution in [1.29, 1.82) is 0 Å². The Hall–Kier alpha value is -4.48. The number of hydrogen-bond donors (Lipinski definition) is 1. The molecule has 0 aliphatic carbocycles. The van der Waals surface area contributed by atoms with E-state index in [-0.39, 0.29) is 12.2 Å². The van der Waals surface area contributed by atoms with Crippen LogP contribution >= 0.6 is 0 Å². The molecule has 8 heteroatoms. The third kappa shape index (κ3) is 7.03. The Morgan fingerprint density at radius 3 is 2.46 bits per heavy atom. The Kier molecular flexibility index (Phi) is 8.63. The molecule has 2 aromatic carbocycles. The summed E-state index contributed by atoms with van der Waals surface area (Å²) in [5.41, 5.74) is 9.64. The number of anilines is 1. The van der Waals surface area contributed by atoms with Crippen LogP contribution in [0.3, 0.4) is 0 Å². The molecule has 0 aliphatic rings. The second-order valence-corrected chi connectivity index (χ2v) is 8.39. The summed E-state index contributed by atoms with van der Waals surface area (Å²) in [6.07, 6.45) is 3.28. The molecule has 2 aromatic heterocycles. The van der Waals surface area contributed by atoms with Gasteiger partial charge in [0.2, 0.25) is 0 Å². The fraction of sp³-hybridized carbons (Fsp3) is 0.241. The molecule has 0 aliphatic heterocycles. The number of nitrogens with zero attached hydrogens (tertiary/aromatic N) is 5. The summed E-state index contributed by atoms with van der Waals surface area (Å²) >= 11 is 0. The summed E-state index contributed by atoms with van der Waals surface area (Å²) < 4.78 is 7.09. The quantitative estimate of drug-likeness (QED) is 0.280. The Balaban J connectivity index is 1.43. The number of nitrogen functional groups attached to an aromatic ring is 1. The minimum Gasteiger partial charge on any atom is -0.478 e. The van der Waals surface area contributed by atoms with Crippen LogP contribution in [0.4, 0.5) is 5.69 Å². The van der Waals surface area contributed by atoms with E-state index in [1.807, 2.05) is 48.5 Å². The molecule has 37 heavy (non-hydrogen) atoms. The molecule has 8 nitrogen and oxygen atoms in total. The maximum Gasteiger partial charge on any atom is 0.267 e. The van der Waals surface area contributed by atoms with Crippen molar-refractivity contribution >= 4 is 5.69 Å². The van der Waals surface area contributed by atoms with Crippen molar-refractivity contribution in [2.45, 2.75) is 20.4 Å². The molecule has 0 amide bonds. The Labute approximate surface area is 216 Å². The first-order chi connectivity index (χ1) is 18.1. The second-order valence-electron chi connectivity index (χ2n) is 8.39. The molecule has 4 aromatic rings. The highest BCUT2D eigenvalue weighted by Gasteiger charge is 2.08. The van der Waals surface area contributed by atoms with Gasteiger partial charge in [-0.15, -0.1) is 0 Å². The normalized spacial score (nSPS) is 10.7. The van der Waals surface area contributed by atoms with Crippen molar-refractivity contribution in [3.63, 3.8) is 0 Å². The molecular formula is C29H30N6O2. The van der Waals surface area contributed by atoms with Gasteiger partial charge in [0.15, 0.2) is 11.6 Å². The van der Waals surface area contributed by atoms with Gasteiger partial charge in [-0.2, -0.15) is 5.10 Å². The van der Waals surface area contributed by atoms with Crippen LogP contribution in [-0.4, -0.2) is 50.9 Å². The highest BCUT2D eigenvalue weighted by Crippen LogP contribution is 2.20. The molecule has 0 radical (unpaired) electrons. The van der Waals surface area contributed by atoms with E-state index in [1.54, 1.807) is 18.5 Å². The van der Waals surface area contributed by atoms with Crippen molar-refractivity contribution in [2.24, 2.45) is 0 Å². The van der Waals surface area contributed by atoms with Gasteiger partial charge in [-0.05, 0) is 42.9 Å². The van der Waals surface area contributed by atoms with Crippen LogP contribution in [0.5, 0.6) is 5.75 Å². The molecule has 2 N–H and O–H groups in total. The van der Waals surface area contributed by atoms with Crippen LogP contribution in [0.1, 0.15) is 19.4 Å². The van der Waals surface area contributed by atoms with Crippen LogP contribution < -0.4 is 16.0 Å². The standard InChI is InChI=1S/C29H30N6O2/c1-3-34(4-2)15-5-6-16-37-26-19-31-29(32-20-26)24-11-7-9-22(17-24)21-35-28(36)14-13-27(33-35)23-10-8-12-25(30)18-23/h7-14,17-20H,3-4,15-16,21,30H2,1-2H3. The second kappa shape index (κ2) is 12.5. The Bertz CT molecular complexity index is 1450. The van der Waals surface area contributed by atoms with Gasteiger partial charge in [0, 0.05) is 22.9 Å². The predicted octanol–water partition coefficient (Wildman–Crippen LogP) is 3.72. The van der Waals surface area contributed by atoms with Gasteiger partial charge in [-0.3, -0.25) is 9.69 Å².